The van der Waals surface area contributed by atoms with Crippen molar-refractivity contribution in [2.45, 2.75) is 37.1 Å². The van der Waals surface area contributed by atoms with Crippen LogP contribution in [0.15, 0.2) is 18.2 Å². The molecule has 21 heavy (non-hydrogen) atoms. The number of hydrogen-bond acceptors (Lipinski definition) is 3. The van der Waals surface area contributed by atoms with E-state index in [1.54, 1.807) is 0 Å². The number of hydrogen-bond donors (Lipinski definition) is 0. The molecule has 1 heterocycles. The zero-order chi connectivity index (χ0) is 14.7. The topological polar surface area (TPSA) is 30.3 Å². The Balaban J connectivity index is 1.67. The van der Waals surface area contributed by atoms with Crippen molar-refractivity contribution in [1.82, 2.24) is 4.90 Å². The van der Waals surface area contributed by atoms with Crippen LogP contribution < -0.4 is 4.90 Å². The molecule has 3 rings (SSSR count). The molecule has 112 valence electrons. The number of piperazine rings is 1. The molecule has 2 fully saturated rings. The molecule has 0 radical (unpaired) electrons. The minimum atomic E-state index is 0.803. The summed E-state index contributed by atoms with van der Waals surface area (Å²) in [5.74, 6) is 0. The summed E-state index contributed by atoms with van der Waals surface area (Å²) in [5.41, 5.74) is 3.08. The molecule has 2 aliphatic rings. The van der Waals surface area contributed by atoms with Crippen LogP contribution in [-0.2, 0) is 5.33 Å². The first-order valence-electron chi connectivity index (χ1n) is 7.90. The van der Waals surface area contributed by atoms with Crippen LogP contribution in [0.1, 0.15) is 36.8 Å². The molecule has 0 aromatic heterocycles. The van der Waals surface area contributed by atoms with Gasteiger partial charge < -0.3 is 4.90 Å². The van der Waals surface area contributed by atoms with Crippen LogP contribution >= 0.6 is 15.9 Å². The molecule has 0 amide bonds. The third kappa shape index (κ3) is 3.25. The third-order valence-electron chi connectivity index (χ3n) is 4.83. The quantitative estimate of drug-likeness (QED) is 0.783. The van der Waals surface area contributed by atoms with Crippen LogP contribution in [0.4, 0.5) is 5.69 Å². The third-order valence-corrected chi connectivity index (χ3v) is 5.48. The molecular weight excluding hydrogens is 326 g/mol. The van der Waals surface area contributed by atoms with Crippen molar-refractivity contribution < 1.29 is 0 Å². The molecule has 0 unspecified atom stereocenters. The average molecular weight is 348 g/mol. The van der Waals surface area contributed by atoms with Gasteiger partial charge in [-0.1, -0.05) is 34.8 Å². The maximum atomic E-state index is 9.39. The van der Waals surface area contributed by atoms with Crippen molar-refractivity contribution in [3.8, 4) is 6.07 Å². The van der Waals surface area contributed by atoms with Gasteiger partial charge in [0, 0.05) is 37.6 Å². The summed E-state index contributed by atoms with van der Waals surface area (Å²) in [5, 5.41) is 10.2. The van der Waals surface area contributed by atoms with Gasteiger partial charge in [0.15, 0.2) is 0 Å². The van der Waals surface area contributed by atoms with Crippen molar-refractivity contribution in [3.05, 3.63) is 29.3 Å². The number of anilines is 1. The van der Waals surface area contributed by atoms with E-state index in [0.29, 0.717) is 0 Å². The van der Waals surface area contributed by atoms with Crippen molar-refractivity contribution in [1.29, 1.82) is 5.26 Å². The highest BCUT2D eigenvalue weighted by molar-refractivity contribution is 9.08. The first-order chi connectivity index (χ1) is 10.3. The van der Waals surface area contributed by atoms with Crippen LogP contribution in [0.2, 0.25) is 0 Å². The molecule has 4 heteroatoms. The minimum absolute atomic E-state index is 0.803. The predicted molar refractivity (Wildman–Crippen MR) is 89.8 cm³/mol. The summed E-state index contributed by atoms with van der Waals surface area (Å²) < 4.78 is 0. The van der Waals surface area contributed by atoms with Gasteiger partial charge in [-0.2, -0.15) is 5.26 Å². The first-order valence-corrected chi connectivity index (χ1v) is 9.02. The first kappa shape index (κ1) is 14.9. The molecular formula is C17H22BrN3. The van der Waals surface area contributed by atoms with Crippen molar-refractivity contribution >= 4 is 21.6 Å². The van der Waals surface area contributed by atoms with E-state index in [0.717, 1.165) is 48.8 Å². The zero-order valence-electron chi connectivity index (χ0n) is 12.4. The fourth-order valence-electron chi connectivity index (χ4n) is 3.63. The van der Waals surface area contributed by atoms with E-state index >= 15 is 0 Å². The number of rotatable bonds is 3. The Morgan fingerprint density at radius 2 is 1.86 bits per heavy atom. The normalized spacial score (nSPS) is 20.7. The summed E-state index contributed by atoms with van der Waals surface area (Å²) in [6.45, 7) is 4.35. The van der Waals surface area contributed by atoms with Crippen molar-refractivity contribution in [2.24, 2.45) is 0 Å². The largest absolute Gasteiger partial charge is 0.368 e. The van der Waals surface area contributed by atoms with Crippen LogP contribution in [-0.4, -0.2) is 37.1 Å². The van der Waals surface area contributed by atoms with Gasteiger partial charge in [0.2, 0.25) is 0 Å². The SMILES string of the molecule is N#Cc1cc(CBr)ccc1N1CCN(C2CCCC2)CC1. The standard InChI is InChI=1S/C17H22BrN3/c18-12-14-5-6-17(15(11-14)13-19)21-9-7-20(8-10-21)16-3-1-2-4-16/h5-6,11,16H,1-4,7-10,12H2. The average Bonchev–Trinajstić information content (AvgIpc) is 3.09. The number of alkyl halides is 1. The van der Waals surface area contributed by atoms with E-state index in [2.05, 4.69) is 43.9 Å². The lowest BCUT2D eigenvalue weighted by molar-refractivity contribution is 0.187. The van der Waals surface area contributed by atoms with Crippen molar-refractivity contribution in [3.63, 3.8) is 0 Å². The number of halogens is 1. The van der Waals surface area contributed by atoms with E-state index in [9.17, 15) is 5.26 Å². The lowest BCUT2D eigenvalue weighted by atomic mass is 10.1. The fourth-order valence-corrected chi connectivity index (χ4v) is 3.98. The van der Waals surface area contributed by atoms with Crippen LogP contribution in [0, 0.1) is 11.3 Å². The lowest BCUT2D eigenvalue weighted by Gasteiger charge is -2.39. The number of nitriles is 1. The van der Waals surface area contributed by atoms with Gasteiger partial charge in [-0.25, -0.2) is 0 Å². The van der Waals surface area contributed by atoms with E-state index in [1.807, 2.05) is 6.07 Å². The predicted octanol–water partition coefficient (Wildman–Crippen LogP) is 3.52. The summed E-state index contributed by atoms with van der Waals surface area (Å²) in [7, 11) is 0. The van der Waals surface area contributed by atoms with Crippen LogP contribution in [0.25, 0.3) is 0 Å². The van der Waals surface area contributed by atoms with Gasteiger partial charge >= 0.3 is 0 Å². The molecule has 0 bridgehead atoms. The molecule has 1 aliphatic heterocycles. The van der Waals surface area contributed by atoms with Gasteiger partial charge in [-0.05, 0) is 30.5 Å². The highest BCUT2D eigenvalue weighted by Crippen LogP contribution is 2.27. The maximum Gasteiger partial charge on any atom is 0.101 e. The Bertz CT molecular complexity index is 523. The monoisotopic (exact) mass is 347 g/mol. The Morgan fingerprint density at radius 1 is 1.14 bits per heavy atom. The van der Waals surface area contributed by atoms with Gasteiger partial charge in [-0.3, -0.25) is 4.90 Å². The molecule has 0 atom stereocenters. The summed E-state index contributed by atoms with van der Waals surface area (Å²) >= 11 is 3.46. The molecule has 1 aliphatic carbocycles. The van der Waals surface area contributed by atoms with Gasteiger partial charge in [0.05, 0.1) is 11.3 Å². The summed E-state index contributed by atoms with van der Waals surface area (Å²) in [4.78, 5) is 5.03. The Morgan fingerprint density at radius 3 is 2.48 bits per heavy atom. The second-order valence-electron chi connectivity index (χ2n) is 6.06. The molecule has 1 saturated heterocycles. The smallest absolute Gasteiger partial charge is 0.101 e. The highest BCUT2D eigenvalue weighted by Gasteiger charge is 2.26. The Kier molecular flexibility index (Phi) is 4.82. The zero-order valence-corrected chi connectivity index (χ0v) is 14.0. The Labute approximate surface area is 135 Å². The molecule has 3 nitrogen and oxygen atoms in total. The molecule has 1 saturated carbocycles. The van der Waals surface area contributed by atoms with Crippen LogP contribution in [0.5, 0.6) is 0 Å². The molecule has 0 spiro atoms. The maximum absolute atomic E-state index is 9.39. The number of nitrogens with zero attached hydrogens (tertiary/aromatic N) is 3. The van der Waals surface area contributed by atoms with Gasteiger partial charge in [0.1, 0.15) is 6.07 Å². The van der Waals surface area contributed by atoms with Gasteiger partial charge in [0.25, 0.3) is 0 Å². The minimum Gasteiger partial charge on any atom is -0.368 e. The van der Waals surface area contributed by atoms with E-state index < -0.39 is 0 Å². The Hall–Kier alpha value is -1.05. The molecule has 1 aromatic carbocycles. The highest BCUT2D eigenvalue weighted by atomic mass is 79.9. The van der Waals surface area contributed by atoms with Crippen LogP contribution in [0.3, 0.4) is 0 Å². The molecule has 1 aromatic rings. The molecule has 0 N–H and O–H groups in total. The second-order valence-corrected chi connectivity index (χ2v) is 6.62. The fraction of sp³-hybridized carbons (Fsp3) is 0.588. The lowest BCUT2D eigenvalue weighted by Crippen LogP contribution is -2.49. The van der Waals surface area contributed by atoms with E-state index in [-0.39, 0.29) is 0 Å². The van der Waals surface area contributed by atoms with Crippen molar-refractivity contribution in [2.75, 3.05) is 31.1 Å². The summed E-state index contributed by atoms with van der Waals surface area (Å²) in [6.07, 6.45) is 5.56. The summed E-state index contributed by atoms with van der Waals surface area (Å²) in [6, 6.07) is 9.41. The second kappa shape index (κ2) is 6.81. The van der Waals surface area contributed by atoms with E-state index in [4.69, 9.17) is 0 Å². The van der Waals surface area contributed by atoms with E-state index in [1.165, 1.54) is 31.2 Å². The van der Waals surface area contributed by atoms with Gasteiger partial charge in [-0.15, -0.1) is 0 Å². The number of benzene rings is 1.